The number of halogens is 2. The van der Waals surface area contributed by atoms with Gasteiger partial charge in [0.05, 0.1) is 30.9 Å². The lowest BCUT2D eigenvalue weighted by Crippen LogP contribution is -2.61. The molecule has 0 radical (unpaired) electrons. The van der Waals surface area contributed by atoms with Crippen LogP contribution in [0.5, 0.6) is 5.75 Å². The van der Waals surface area contributed by atoms with Crippen LogP contribution in [-0.2, 0) is 16.0 Å². The number of fused-ring (bicyclic) bond motifs is 3. The van der Waals surface area contributed by atoms with Crippen LogP contribution in [0.2, 0.25) is 0 Å². The molecule has 11 heteroatoms. The minimum absolute atomic E-state index is 0.142. The van der Waals surface area contributed by atoms with Crippen molar-refractivity contribution in [2.24, 2.45) is 5.73 Å². The fourth-order valence-corrected chi connectivity index (χ4v) is 3.72. The Balaban J connectivity index is 1.43. The largest absolute Gasteiger partial charge is 0.491 e. The van der Waals surface area contributed by atoms with Crippen molar-refractivity contribution in [3.8, 4) is 17.1 Å². The van der Waals surface area contributed by atoms with E-state index in [2.05, 4.69) is 10.3 Å². The quantitative estimate of drug-likeness (QED) is 0.757. The number of amides is 1. The van der Waals surface area contributed by atoms with Crippen molar-refractivity contribution in [1.82, 2.24) is 9.55 Å². The van der Waals surface area contributed by atoms with Gasteiger partial charge in [-0.3, -0.25) is 0 Å². The van der Waals surface area contributed by atoms with E-state index in [4.69, 9.17) is 19.9 Å². The van der Waals surface area contributed by atoms with Crippen LogP contribution >= 0.6 is 0 Å². The van der Waals surface area contributed by atoms with E-state index in [1.54, 1.807) is 10.8 Å². The van der Waals surface area contributed by atoms with E-state index in [0.717, 1.165) is 10.6 Å². The van der Waals surface area contributed by atoms with Gasteiger partial charge in [-0.15, -0.1) is 0 Å². The Morgan fingerprint density at radius 3 is 2.90 bits per heavy atom. The Morgan fingerprint density at radius 1 is 1.33 bits per heavy atom. The van der Waals surface area contributed by atoms with Gasteiger partial charge >= 0.3 is 6.09 Å². The third kappa shape index (κ3) is 3.23. The molecule has 0 aliphatic carbocycles. The highest BCUT2D eigenvalue weighted by atomic mass is 19.3. The fourth-order valence-electron chi connectivity index (χ4n) is 3.72. The molecule has 2 saturated heterocycles. The monoisotopic (exact) mass is 421 g/mol. The van der Waals surface area contributed by atoms with Crippen LogP contribution < -0.4 is 20.7 Å². The molecule has 2 fully saturated rings. The number of anilines is 2. The van der Waals surface area contributed by atoms with Crippen LogP contribution in [0.4, 0.5) is 25.1 Å². The van der Waals surface area contributed by atoms with E-state index in [0.29, 0.717) is 50.0 Å². The lowest BCUT2D eigenvalue weighted by atomic mass is 9.99. The van der Waals surface area contributed by atoms with Crippen LogP contribution in [-0.4, -0.2) is 66.6 Å². The van der Waals surface area contributed by atoms with Crippen molar-refractivity contribution in [3.05, 3.63) is 24.4 Å². The highest BCUT2D eigenvalue weighted by Crippen LogP contribution is 2.37. The number of rotatable bonds is 5. The lowest BCUT2D eigenvalue weighted by Gasteiger charge is -2.38. The molecule has 0 spiro atoms. The summed E-state index contributed by atoms with van der Waals surface area (Å²) < 4.78 is 44.3. The maximum Gasteiger partial charge on any atom is 0.416 e. The van der Waals surface area contributed by atoms with Gasteiger partial charge in [0.2, 0.25) is 0 Å². The highest BCUT2D eigenvalue weighted by Gasteiger charge is 2.42. The van der Waals surface area contributed by atoms with Gasteiger partial charge in [0.25, 0.3) is 6.43 Å². The molecule has 3 aliphatic rings. The maximum absolute atomic E-state index is 13.3. The molecule has 0 bridgehead atoms. The highest BCUT2D eigenvalue weighted by molar-refractivity contribution is 5.89. The molecule has 3 N–H and O–H groups in total. The van der Waals surface area contributed by atoms with Gasteiger partial charge in [0.15, 0.2) is 5.82 Å². The number of alkyl halides is 2. The third-order valence-electron chi connectivity index (χ3n) is 5.44. The molecule has 5 rings (SSSR count). The number of nitrogens with two attached hydrogens (primary N) is 1. The Kier molecular flexibility index (Phi) is 4.51. The normalized spacial score (nSPS) is 21.9. The van der Waals surface area contributed by atoms with E-state index in [-0.39, 0.29) is 18.0 Å². The maximum atomic E-state index is 13.3. The van der Waals surface area contributed by atoms with Gasteiger partial charge in [-0.25, -0.2) is 23.5 Å². The second-order valence-corrected chi connectivity index (χ2v) is 7.73. The molecule has 1 unspecified atom stereocenters. The molecule has 1 aromatic carbocycles. The standard InChI is InChI=1S/C19H21F2N5O4/c20-16(21)13-7-30-18(27)26(13)15-6-25-3-4-29-14-5-11(1-2-12(14)17(25)24-15)23-8-19(22)9-28-10-19/h1-2,5-6,13,16,23H,3-4,7-10,22H2. The smallest absolute Gasteiger partial charge is 0.416 e. The number of aromatic nitrogens is 2. The summed E-state index contributed by atoms with van der Waals surface area (Å²) in [5.41, 5.74) is 7.33. The molecule has 3 aliphatic heterocycles. The molecule has 1 amide bonds. The van der Waals surface area contributed by atoms with Crippen LogP contribution in [0.25, 0.3) is 11.4 Å². The Labute approximate surface area is 170 Å². The van der Waals surface area contributed by atoms with Crippen molar-refractivity contribution in [2.75, 3.05) is 43.2 Å². The molecule has 30 heavy (non-hydrogen) atoms. The van der Waals surface area contributed by atoms with Gasteiger partial charge in [-0.05, 0) is 12.1 Å². The average molecular weight is 421 g/mol. The van der Waals surface area contributed by atoms with Gasteiger partial charge < -0.3 is 29.8 Å². The van der Waals surface area contributed by atoms with Crippen molar-refractivity contribution in [2.45, 2.75) is 24.6 Å². The Bertz CT molecular complexity index is 978. The summed E-state index contributed by atoms with van der Waals surface area (Å²) in [6.45, 7) is 2.07. The predicted octanol–water partition coefficient (Wildman–Crippen LogP) is 1.67. The molecule has 0 saturated carbocycles. The summed E-state index contributed by atoms with van der Waals surface area (Å²) in [7, 11) is 0. The van der Waals surface area contributed by atoms with Crippen molar-refractivity contribution in [3.63, 3.8) is 0 Å². The van der Waals surface area contributed by atoms with E-state index < -0.39 is 18.6 Å². The summed E-state index contributed by atoms with van der Waals surface area (Å²) in [4.78, 5) is 17.4. The Morgan fingerprint density at radius 2 is 2.17 bits per heavy atom. The average Bonchev–Trinajstić information content (AvgIpc) is 3.24. The van der Waals surface area contributed by atoms with Crippen LogP contribution in [0.1, 0.15) is 0 Å². The zero-order chi connectivity index (χ0) is 20.9. The van der Waals surface area contributed by atoms with E-state index in [9.17, 15) is 13.6 Å². The number of hydrogen-bond acceptors (Lipinski definition) is 7. The molecular weight excluding hydrogens is 400 g/mol. The predicted molar refractivity (Wildman–Crippen MR) is 103 cm³/mol. The zero-order valence-electron chi connectivity index (χ0n) is 16.0. The number of carbonyl (C=O) groups is 1. The second kappa shape index (κ2) is 7.10. The third-order valence-corrected chi connectivity index (χ3v) is 5.44. The molecule has 4 heterocycles. The summed E-state index contributed by atoms with van der Waals surface area (Å²) in [5, 5.41) is 3.29. The molecule has 2 aromatic rings. The molecule has 1 atom stereocenters. The number of nitrogens with zero attached hydrogens (tertiary/aromatic N) is 3. The number of cyclic esters (lactones) is 1. The molecule has 1 aromatic heterocycles. The van der Waals surface area contributed by atoms with Crippen LogP contribution in [0.15, 0.2) is 24.4 Å². The van der Waals surface area contributed by atoms with Crippen LogP contribution in [0, 0.1) is 0 Å². The van der Waals surface area contributed by atoms with E-state index in [1.807, 2.05) is 18.2 Å². The van der Waals surface area contributed by atoms with Crippen LogP contribution in [0.3, 0.4) is 0 Å². The first-order chi connectivity index (χ1) is 14.4. The summed E-state index contributed by atoms with van der Waals surface area (Å²) >= 11 is 0. The first-order valence-corrected chi connectivity index (χ1v) is 9.63. The first kappa shape index (κ1) is 19.1. The number of imidazole rings is 1. The number of nitrogens with one attached hydrogen (secondary N) is 1. The van der Waals surface area contributed by atoms with Crippen molar-refractivity contribution >= 4 is 17.6 Å². The van der Waals surface area contributed by atoms with Crippen molar-refractivity contribution < 1.29 is 27.8 Å². The lowest BCUT2D eigenvalue weighted by molar-refractivity contribution is -0.0461. The SMILES string of the molecule is NC1(CNc2ccc3c(c2)OCCn2cc(N4C(=O)OCC4C(F)F)nc2-3)COC1. The minimum atomic E-state index is -2.73. The Hall–Kier alpha value is -2.92. The summed E-state index contributed by atoms with van der Waals surface area (Å²) in [6, 6.07) is 4.23. The van der Waals surface area contributed by atoms with Gasteiger partial charge in [0.1, 0.15) is 30.8 Å². The topological polar surface area (TPSA) is 104 Å². The number of carbonyl (C=O) groups excluding carboxylic acids is 1. The van der Waals surface area contributed by atoms with E-state index >= 15 is 0 Å². The summed E-state index contributed by atoms with van der Waals surface area (Å²) in [5.74, 6) is 1.30. The van der Waals surface area contributed by atoms with Crippen molar-refractivity contribution in [1.29, 1.82) is 0 Å². The molecular formula is C19H21F2N5O4. The van der Waals surface area contributed by atoms with Gasteiger partial charge in [-0.2, -0.15) is 0 Å². The number of ether oxygens (including phenoxy) is 3. The molecule has 9 nitrogen and oxygen atoms in total. The first-order valence-electron chi connectivity index (χ1n) is 9.63. The van der Waals surface area contributed by atoms with Gasteiger partial charge in [-0.1, -0.05) is 0 Å². The number of hydrogen-bond donors (Lipinski definition) is 2. The summed E-state index contributed by atoms with van der Waals surface area (Å²) in [6.07, 6.45) is -1.97. The fraction of sp³-hybridized carbons (Fsp3) is 0.474. The van der Waals surface area contributed by atoms with E-state index in [1.165, 1.54) is 0 Å². The zero-order valence-corrected chi connectivity index (χ0v) is 16.0. The number of benzene rings is 1. The molecule has 160 valence electrons. The van der Waals surface area contributed by atoms with Gasteiger partial charge in [0, 0.05) is 24.5 Å². The second-order valence-electron chi connectivity index (χ2n) is 7.73. The minimum Gasteiger partial charge on any atom is -0.491 e.